The number of alkyl halides is 2. The molecule has 6 aromatic carbocycles. The van der Waals surface area contributed by atoms with E-state index in [9.17, 15) is 26.4 Å². The average Bonchev–Trinajstić information content (AvgIpc) is 3.13. The highest BCUT2D eigenvalue weighted by molar-refractivity contribution is 7.97. The van der Waals surface area contributed by atoms with Gasteiger partial charge in [0, 0.05) is 0 Å². The van der Waals surface area contributed by atoms with Gasteiger partial charge in [-0.3, -0.25) is 4.55 Å². The van der Waals surface area contributed by atoms with E-state index in [1.165, 1.54) is 6.07 Å². The average molecular weight is 718 g/mol. The van der Waals surface area contributed by atoms with Crippen molar-refractivity contribution in [2.45, 2.75) is 26.0 Å². The lowest BCUT2D eigenvalue weighted by Gasteiger charge is -2.20. The largest absolute Gasteiger partial charge is 0.451 e. The van der Waals surface area contributed by atoms with E-state index in [4.69, 9.17) is 14.0 Å². The molecule has 1 unspecified atom stereocenters. The third kappa shape index (κ3) is 9.19. The molecule has 11 heteroatoms. The van der Waals surface area contributed by atoms with Crippen LogP contribution in [-0.2, 0) is 30.5 Å². The van der Waals surface area contributed by atoms with E-state index in [1.807, 2.05) is 66.7 Å². The highest BCUT2D eigenvalue weighted by Crippen LogP contribution is 2.32. The van der Waals surface area contributed by atoms with Gasteiger partial charge in [0.15, 0.2) is 21.7 Å². The number of benzene rings is 6. The summed E-state index contributed by atoms with van der Waals surface area (Å²) in [5.74, 6) is -0.839. The zero-order valence-corrected chi connectivity index (χ0v) is 28.1. The Hall–Kier alpha value is -4.94. The summed E-state index contributed by atoms with van der Waals surface area (Å²) in [6, 6.07) is 47.8. The Morgan fingerprint density at radius 3 is 1.82 bits per heavy atom. The van der Waals surface area contributed by atoms with Crippen LogP contribution in [0.5, 0.6) is 0 Å². The first-order valence-electron chi connectivity index (χ1n) is 15.3. The molecule has 50 heavy (non-hydrogen) atoms. The lowest BCUT2D eigenvalue weighted by molar-refractivity contribution is -0.0533. The molecule has 0 saturated carbocycles. The van der Waals surface area contributed by atoms with Crippen LogP contribution in [0, 0.1) is 5.82 Å². The monoisotopic (exact) mass is 717 g/mol. The zero-order chi connectivity index (χ0) is 35.6. The lowest BCUT2D eigenvalue weighted by Crippen LogP contribution is -2.34. The van der Waals surface area contributed by atoms with E-state index in [1.54, 1.807) is 60.7 Å². The second-order valence-corrected chi connectivity index (χ2v) is 14.4. The molecule has 0 fully saturated rings. The summed E-state index contributed by atoms with van der Waals surface area (Å²) in [5, 5.41) is -2.99. The normalized spacial score (nSPS) is 12.2. The molecule has 0 aliphatic carbocycles. The third-order valence-electron chi connectivity index (χ3n) is 7.36. The molecule has 0 bridgehead atoms. The number of hydrogen-bond donors (Lipinski definition) is 1. The molecule has 0 aromatic heterocycles. The number of hydrogen-bond acceptors (Lipinski definition) is 5. The number of halogens is 3. The van der Waals surface area contributed by atoms with E-state index >= 15 is 0 Å². The van der Waals surface area contributed by atoms with Gasteiger partial charge in [0.25, 0.3) is 0 Å². The second-order valence-electron chi connectivity index (χ2n) is 10.8. The van der Waals surface area contributed by atoms with Crippen LogP contribution in [0.2, 0.25) is 0 Å². The lowest BCUT2D eigenvalue weighted by atomic mass is 10.0. The molecule has 256 valence electrons. The van der Waals surface area contributed by atoms with Crippen molar-refractivity contribution >= 4 is 37.8 Å². The number of carbonyl (C=O) groups is 1. The summed E-state index contributed by atoms with van der Waals surface area (Å²) in [6.07, 6.45) is -1.07. The molecule has 0 radical (unpaired) electrons. The Morgan fingerprint density at radius 2 is 1.22 bits per heavy atom. The van der Waals surface area contributed by atoms with Crippen LogP contribution in [0.25, 0.3) is 10.8 Å². The molecule has 6 aromatic rings. The minimum Gasteiger partial charge on any atom is -0.451 e. The van der Waals surface area contributed by atoms with Crippen molar-refractivity contribution in [2.24, 2.45) is 0 Å². The van der Waals surface area contributed by atoms with Gasteiger partial charge in [-0.15, -0.1) is 0 Å². The molecule has 1 N–H and O–H groups in total. The smallest absolute Gasteiger partial charge is 0.392 e. The summed E-state index contributed by atoms with van der Waals surface area (Å²) < 4.78 is 81.4. The van der Waals surface area contributed by atoms with Crippen LogP contribution < -0.4 is 0 Å². The minimum absolute atomic E-state index is 0.150. The Bertz CT molecular complexity index is 2070. The van der Waals surface area contributed by atoms with Crippen molar-refractivity contribution in [3.8, 4) is 0 Å². The highest BCUT2D eigenvalue weighted by Gasteiger charge is 2.44. The van der Waals surface area contributed by atoms with Gasteiger partial charge in [0.1, 0.15) is 17.5 Å². The number of ether oxygens (including phenoxy) is 2. The van der Waals surface area contributed by atoms with Crippen molar-refractivity contribution in [3.05, 3.63) is 175 Å². The molecular formula is C39H32F3O6S2+. The van der Waals surface area contributed by atoms with Crippen molar-refractivity contribution in [2.75, 3.05) is 13.2 Å². The van der Waals surface area contributed by atoms with Crippen LogP contribution in [0.4, 0.5) is 13.2 Å². The van der Waals surface area contributed by atoms with Crippen molar-refractivity contribution in [1.82, 2.24) is 0 Å². The molecule has 1 atom stereocenters. The summed E-state index contributed by atoms with van der Waals surface area (Å²) in [7, 11) is -6.02. The van der Waals surface area contributed by atoms with Crippen molar-refractivity contribution < 1.29 is 40.4 Å². The van der Waals surface area contributed by atoms with E-state index in [0.29, 0.717) is 10.9 Å². The van der Waals surface area contributed by atoms with E-state index in [-0.39, 0.29) is 11.4 Å². The molecular weight excluding hydrogens is 686 g/mol. The maximum atomic E-state index is 14.2. The molecule has 0 spiro atoms. The zero-order valence-electron chi connectivity index (χ0n) is 26.4. The Morgan fingerprint density at radius 1 is 0.700 bits per heavy atom. The first kappa shape index (κ1) is 36.3. The van der Waals surface area contributed by atoms with Gasteiger partial charge in [-0.1, -0.05) is 115 Å². The molecule has 6 nitrogen and oxygen atoms in total. The summed E-state index contributed by atoms with van der Waals surface area (Å²) in [5.41, 5.74) is 0.763. The second kappa shape index (κ2) is 16.6. The SMILES string of the molecule is Fc1ccccc1[S+](c1ccccc1)c1ccccc1.O=C(OC(COCC(F)(F)S(=O)(=O)O)c1ccccc1)c1cccc2ccccc12. The summed E-state index contributed by atoms with van der Waals surface area (Å²) >= 11 is 0. The fourth-order valence-corrected chi connectivity index (χ4v) is 7.28. The number of esters is 1. The van der Waals surface area contributed by atoms with E-state index in [0.717, 1.165) is 20.1 Å². The number of rotatable bonds is 11. The molecule has 0 heterocycles. The summed E-state index contributed by atoms with van der Waals surface area (Å²) in [6.45, 7) is -2.12. The molecule has 0 amide bonds. The Balaban J connectivity index is 0.000000210. The fraction of sp³-hybridized carbons (Fsp3) is 0.103. The maximum absolute atomic E-state index is 14.2. The quantitative estimate of drug-likeness (QED) is 0.0817. The van der Waals surface area contributed by atoms with Gasteiger partial charge >= 0.3 is 21.3 Å². The molecule has 0 aliphatic rings. The number of carbonyl (C=O) groups excluding carboxylic acids is 1. The van der Waals surface area contributed by atoms with E-state index in [2.05, 4.69) is 24.3 Å². The van der Waals surface area contributed by atoms with Crippen LogP contribution in [-0.4, -0.2) is 37.4 Å². The third-order valence-corrected chi connectivity index (χ3v) is 10.5. The summed E-state index contributed by atoms with van der Waals surface area (Å²) in [4.78, 5) is 15.8. The predicted molar refractivity (Wildman–Crippen MR) is 187 cm³/mol. The topological polar surface area (TPSA) is 89.9 Å². The molecule has 0 aliphatic heterocycles. The first-order chi connectivity index (χ1) is 24.0. The molecule has 0 saturated heterocycles. The predicted octanol–water partition coefficient (Wildman–Crippen LogP) is 9.16. The van der Waals surface area contributed by atoms with Crippen LogP contribution >= 0.6 is 0 Å². The maximum Gasteiger partial charge on any atom is 0.392 e. The van der Waals surface area contributed by atoms with E-state index < -0.39 is 51.6 Å². The minimum atomic E-state index is -5.62. The highest BCUT2D eigenvalue weighted by atomic mass is 32.2. The van der Waals surface area contributed by atoms with Gasteiger partial charge < -0.3 is 9.47 Å². The van der Waals surface area contributed by atoms with Crippen LogP contribution in [0.3, 0.4) is 0 Å². The van der Waals surface area contributed by atoms with Gasteiger partial charge in [-0.25, -0.2) is 9.18 Å². The van der Waals surface area contributed by atoms with Gasteiger partial charge in [0.2, 0.25) is 4.90 Å². The van der Waals surface area contributed by atoms with Gasteiger partial charge in [0.05, 0.1) is 12.2 Å². The Labute approximate surface area is 291 Å². The fourth-order valence-electron chi connectivity index (χ4n) is 4.93. The van der Waals surface area contributed by atoms with Gasteiger partial charge in [-0.2, -0.15) is 17.2 Å². The van der Waals surface area contributed by atoms with Crippen molar-refractivity contribution in [3.63, 3.8) is 0 Å². The van der Waals surface area contributed by atoms with Crippen molar-refractivity contribution in [1.29, 1.82) is 0 Å². The van der Waals surface area contributed by atoms with Gasteiger partial charge in [-0.05, 0) is 58.8 Å². The van der Waals surface area contributed by atoms with Crippen LogP contribution in [0.15, 0.2) is 172 Å². The molecule has 6 rings (SSSR count). The number of fused-ring (bicyclic) bond motifs is 1. The standard InChI is InChI=1S/C21H18F2O6S.C18H14FS/c22-21(23,30(25,26)27)14-28-13-19(16-8-2-1-3-9-16)29-20(24)18-12-6-10-15-7-4-5-11-17(15)18;19-17-13-7-8-14-18(17)20(15-9-3-1-4-10-15)16-11-5-2-6-12-16/h1-12,19H,13-14H2,(H,25,26,27);1-14H/q;+1. The van der Waals surface area contributed by atoms with Crippen LogP contribution in [0.1, 0.15) is 22.0 Å². The first-order valence-corrected chi connectivity index (χ1v) is 18.0. The Kier molecular flexibility index (Phi) is 12.1.